The number of hydrogen-bond donors (Lipinski definition) is 2. The summed E-state index contributed by atoms with van der Waals surface area (Å²) in [6.07, 6.45) is 5.69. The van der Waals surface area contributed by atoms with Crippen molar-refractivity contribution in [3.8, 4) is 11.5 Å². The van der Waals surface area contributed by atoms with Gasteiger partial charge in [0, 0.05) is 45.3 Å². The molecule has 6 nitrogen and oxygen atoms in total. The molecule has 0 radical (unpaired) electrons. The molecule has 2 rings (SSSR count). The highest BCUT2D eigenvalue weighted by atomic mass is 127. The maximum Gasteiger partial charge on any atom is 0.191 e. The summed E-state index contributed by atoms with van der Waals surface area (Å²) in [5.74, 6) is 3.81. The van der Waals surface area contributed by atoms with E-state index in [1.165, 1.54) is 24.2 Å². The predicted octanol–water partition coefficient (Wildman–Crippen LogP) is 3.20. The number of rotatable bonds is 10. The molecule has 0 aromatic heterocycles. The third kappa shape index (κ3) is 8.65. The van der Waals surface area contributed by atoms with E-state index < -0.39 is 0 Å². The molecule has 1 aliphatic rings. The van der Waals surface area contributed by atoms with Crippen LogP contribution in [0.1, 0.15) is 24.8 Å². The number of likely N-dealkylation sites (tertiary alicyclic amines) is 1. The summed E-state index contributed by atoms with van der Waals surface area (Å²) >= 11 is 1.90. The molecule has 1 aliphatic heterocycles. The molecule has 0 amide bonds. The third-order valence-corrected chi connectivity index (χ3v) is 5.42. The number of benzene rings is 1. The summed E-state index contributed by atoms with van der Waals surface area (Å²) in [6.45, 7) is 3.95. The number of hydrogen-bond acceptors (Lipinski definition) is 5. The zero-order valence-corrected chi connectivity index (χ0v) is 20.6. The summed E-state index contributed by atoms with van der Waals surface area (Å²) < 4.78 is 10.8. The van der Waals surface area contributed by atoms with E-state index in [4.69, 9.17) is 9.47 Å². The first-order chi connectivity index (χ1) is 13.2. The van der Waals surface area contributed by atoms with Crippen LogP contribution in [-0.4, -0.2) is 69.8 Å². The van der Waals surface area contributed by atoms with Crippen molar-refractivity contribution in [2.45, 2.75) is 31.8 Å². The molecular weight excluding hydrogens is 487 g/mol. The second kappa shape index (κ2) is 14.2. The number of nitrogens with zero attached hydrogens (tertiary/aromatic N) is 2. The van der Waals surface area contributed by atoms with Gasteiger partial charge in [-0.2, -0.15) is 11.8 Å². The van der Waals surface area contributed by atoms with Gasteiger partial charge in [0.25, 0.3) is 0 Å². The highest BCUT2D eigenvalue weighted by Gasteiger charge is 2.23. The van der Waals surface area contributed by atoms with Crippen molar-refractivity contribution < 1.29 is 9.47 Å². The monoisotopic (exact) mass is 522 g/mol. The molecule has 0 bridgehead atoms. The highest BCUT2D eigenvalue weighted by Crippen LogP contribution is 2.24. The molecule has 0 spiro atoms. The van der Waals surface area contributed by atoms with Crippen LogP contribution < -0.4 is 20.1 Å². The minimum absolute atomic E-state index is 0. The van der Waals surface area contributed by atoms with Crippen LogP contribution in [0, 0.1) is 0 Å². The molecule has 0 saturated carbocycles. The number of ether oxygens (including phenoxy) is 2. The maximum atomic E-state index is 5.38. The molecule has 1 aromatic carbocycles. The molecule has 28 heavy (non-hydrogen) atoms. The number of unbranched alkanes of at least 4 members (excludes halogenated alkanes) is 1. The predicted molar refractivity (Wildman–Crippen MR) is 131 cm³/mol. The van der Waals surface area contributed by atoms with Gasteiger partial charge in [-0.25, -0.2) is 0 Å². The Kier molecular flexibility index (Phi) is 12.7. The van der Waals surface area contributed by atoms with Crippen LogP contribution >= 0.6 is 35.7 Å². The molecule has 160 valence electrons. The van der Waals surface area contributed by atoms with Gasteiger partial charge in [0.2, 0.25) is 0 Å². The Labute approximate surface area is 191 Å². The highest BCUT2D eigenvalue weighted by molar-refractivity contribution is 14.0. The molecule has 1 saturated heterocycles. The van der Waals surface area contributed by atoms with E-state index in [1.54, 1.807) is 14.2 Å². The smallest absolute Gasteiger partial charge is 0.191 e. The van der Waals surface area contributed by atoms with Gasteiger partial charge in [0.15, 0.2) is 5.96 Å². The molecule has 1 atom stereocenters. The van der Waals surface area contributed by atoms with Crippen molar-refractivity contribution in [3.05, 3.63) is 23.8 Å². The topological polar surface area (TPSA) is 58.1 Å². The Hall–Kier alpha value is -0.870. The maximum absolute atomic E-state index is 5.38. The van der Waals surface area contributed by atoms with Crippen molar-refractivity contribution in [2.24, 2.45) is 4.99 Å². The third-order valence-electron chi connectivity index (χ3n) is 4.72. The second-order valence-corrected chi connectivity index (χ2v) is 7.77. The minimum atomic E-state index is 0. The van der Waals surface area contributed by atoms with Crippen molar-refractivity contribution in [2.75, 3.05) is 52.9 Å². The summed E-state index contributed by atoms with van der Waals surface area (Å²) in [5.41, 5.74) is 1.21. The van der Waals surface area contributed by atoms with Gasteiger partial charge in [0.05, 0.1) is 14.2 Å². The molecule has 8 heteroatoms. The van der Waals surface area contributed by atoms with Crippen molar-refractivity contribution in [3.63, 3.8) is 0 Å². The van der Waals surface area contributed by atoms with Gasteiger partial charge in [-0.15, -0.1) is 24.0 Å². The van der Waals surface area contributed by atoms with Crippen molar-refractivity contribution in [1.29, 1.82) is 0 Å². The number of aliphatic imine (C=N–C) groups is 1. The molecule has 1 heterocycles. The van der Waals surface area contributed by atoms with Gasteiger partial charge >= 0.3 is 0 Å². The van der Waals surface area contributed by atoms with Crippen LogP contribution in [0.3, 0.4) is 0 Å². The van der Waals surface area contributed by atoms with E-state index >= 15 is 0 Å². The fraction of sp³-hybridized carbons (Fsp3) is 0.650. The molecule has 1 unspecified atom stereocenters. The van der Waals surface area contributed by atoms with Crippen LogP contribution in [0.2, 0.25) is 0 Å². The first-order valence-corrected chi connectivity index (χ1v) is 11.0. The summed E-state index contributed by atoms with van der Waals surface area (Å²) in [6, 6.07) is 6.50. The lowest BCUT2D eigenvalue weighted by atomic mass is 10.2. The Morgan fingerprint density at radius 2 is 1.93 bits per heavy atom. The quantitative estimate of drug-likeness (QED) is 0.213. The standard InChI is InChI=1S/C20H34N4O2S.HI/c1-21-20(22-8-5-6-10-27-4)23-17-7-9-24(15-17)14-16-11-18(25-2)13-19(12-16)26-3;/h11-13,17H,5-10,14-15H2,1-4H3,(H2,21,22,23);1H. The van der Waals surface area contributed by atoms with E-state index in [0.29, 0.717) is 6.04 Å². The lowest BCUT2D eigenvalue weighted by Crippen LogP contribution is -2.44. The minimum Gasteiger partial charge on any atom is -0.497 e. The van der Waals surface area contributed by atoms with Crippen LogP contribution in [0.15, 0.2) is 23.2 Å². The average Bonchev–Trinajstić information content (AvgIpc) is 3.13. The number of nitrogens with one attached hydrogen (secondary N) is 2. The van der Waals surface area contributed by atoms with E-state index in [1.807, 2.05) is 24.9 Å². The average molecular weight is 522 g/mol. The van der Waals surface area contributed by atoms with Crippen LogP contribution in [0.4, 0.5) is 0 Å². The zero-order chi connectivity index (χ0) is 19.5. The number of thioether (sulfide) groups is 1. The molecule has 1 fully saturated rings. The van der Waals surface area contributed by atoms with Crippen LogP contribution in [0.5, 0.6) is 11.5 Å². The number of guanidine groups is 1. The Morgan fingerprint density at radius 3 is 2.54 bits per heavy atom. The molecule has 0 aliphatic carbocycles. The van der Waals surface area contributed by atoms with Crippen LogP contribution in [-0.2, 0) is 6.54 Å². The second-order valence-electron chi connectivity index (χ2n) is 6.78. The van der Waals surface area contributed by atoms with Gasteiger partial charge in [-0.1, -0.05) is 0 Å². The SMILES string of the molecule is CN=C(NCCCCSC)NC1CCN(Cc2cc(OC)cc(OC)c2)C1.I. The zero-order valence-electron chi connectivity index (χ0n) is 17.5. The molecule has 1 aromatic rings. The number of halogens is 1. The molecule has 2 N–H and O–H groups in total. The van der Waals surface area contributed by atoms with E-state index in [2.05, 4.69) is 38.9 Å². The number of methoxy groups -OCH3 is 2. The largest absolute Gasteiger partial charge is 0.497 e. The van der Waals surface area contributed by atoms with E-state index in [-0.39, 0.29) is 24.0 Å². The summed E-state index contributed by atoms with van der Waals surface area (Å²) in [4.78, 5) is 6.82. The van der Waals surface area contributed by atoms with Crippen LogP contribution in [0.25, 0.3) is 0 Å². The lowest BCUT2D eigenvalue weighted by molar-refractivity contribution is 0.321. The van der Waals surface area contributed by atoms with Gasteiger partial charge < -0.3 is 20.1 Å². The summed E-state index contributed by atoms with van der Waals surface area (Å²) in [7, 11) is 5.22. The summed E-state index contributed by atoms with van der Waals surface area (Å²) in [5, 5.41) is 6.99. The van der Waals surface area contributed by atoms with E-state index in [0.717, 1.165) is 50.1 Å². The normalized spacial score (nSPS) is 17.1. The molecular formula is C20H35IN4O2S. The fourth-order valence-electron chi connectivity index (χ4n) is 3.28. The van der Waals surface area contributed by atoms with Crippen molar-refractivity contribution in [1.82, 2.24) is 15.5 Å². The van der Waals surface area contributed by atoms with Gasteiger partial charge in [-0.05, 0) is 49.0 Å². The van der Waals surface area contributed by atoms with Gasteiger partial charge in [-0.3, -0.25) is 9.89 Å². The Bertz CT molecular complexity index is 581. The van der Waals surface area contributed by atoms with E-state index in [9.17, 15) is 0 Å². The van der Waals surface area contributed by atoms with Gasteiger partial charge in [0.1, 0.15) is 11.5 Å². The first-order valence-electron chi connectivity index (χ1n) is 9.59. The van der Waals surface area contributed by atoms with Crippen molar-refractivity contribution >= 4 is 41.7 Å². The first kappa shape index (κ1) is 25.2. The fourth-order valence-corrected chi connectivity index (χ4v) is 3.77. The lowest BCUT2D eigenvalue weighted by Gasteiger charge is -2.19. The Balaban J connectivity index is 0.00000392. The Morgan fingerprint density at radius 1 is 1.21 bits per heavy atom.